The van der Waals surface area contributed by atoms with Crippen molar-refractivity contribution in [1.29, 1.82) is 0 Å². The van der Waals surface area contributed by atoms with Crippen LogP contribution in [0, 0.1) is 5.92 Å². The van der Waals surface area contributed by atoms with Gasteiger partial charge in [0.15, 0.2) is 0 Å². The molecule has 1 aromatic carbocycles. The number of hydrogen-bond donors (Lipinski definition) is 1. The van der Waals surface area contributed by atoms with Crippen LogP contribution in [0.25, 0.3) is 0 Å². The minimum absolute atomic E-state index is 0.00754. The van der Waals surface area contributed by atoms with Gasteiger partial charge < -0.3 is 14.7 Å². The van der Waals surface area contributed by atoms with Gasteiger partial charge in [0.1, 0.15) is 0 Å². The maximum atomic E-state index is 12.5. The fourth-order valence-electron chi connectivity index (χ4n) is 3.69. The van der Waals surface area contributed by atoms with Crippen LogP contribution in [0.1, 0.15) is 24.8 Å². The minimum atomic E-state index is -0.00754. The molecule has 24 heavy (non-hydrogen) atoms. The highest BCUT2D eigenvalue weighted by molar-refractivity contribution is 5.77. The largest absolute Gasteiger partial charge is 0.396 e. The molecular formula is C19H28N2O3. The van der Waals surface area contributed by atoms with Gasteiger partial charge in [0, 0.05) is 39.3 Å². The maximum Gasteiger partial charge on any atom is 0.225 e. The number of nitrogens with zero attached hydrogens (tertiary/aromatic N) is 2. The molecule has 3 rings (SSSR count). The van der Waals surface area contributed by atoms with Gasteiger partial charge in [-0.2, -0.15) is 0 Å². The standard InChI is InChI=1S/C19H28N2O3/c22-10-7-17-6-8-21(14-17)19(23)12-18-15-20(9-11-24-18)13-16-4-2-1-3-5-16/h1-5,17-18,22H,6-15H2/t17-,18-/m0/s1. The Hall–Kier alpha value is -1.43. The number of aliphatic hydroxyl groups excluding tert-OH is 1. The van der Waals surface area contributed by atoms with Gasteiger partial charge in [0.05, 0.1) is 19.1 Å². The van der Waals surface area contributed by atoms with Crippen molar-refractivity contribution in [3.63, 3.8) is 0 Å². The van der Waals surface area contributed by atoms with Crippen molar-refractivity contribution in [3.05, 3.63) is 35.9 Å². The minimum Gasteiger partial charge on any atom is -0.396 e. The van der Waals surface area contributed by atoms with Gasteiger partial charge in [-0.25, -0.2) is 0 Å². The third kappa shape index (κ3) is 4.79. The topological polar surface area (TPSA) is 53.0 Å². The summed E-state index contributed by atoms with van der Waals surface area (Å²) in [6.45, 7) is 5.17. The van der Waals surface area contributed by atoms with Gasteiger partial charge in [-0.3, -0.25) is 9.69 Å². The zero-order valence-electron chi connectivity index (χ0n) is 14.3. The van der Waals surface area contributed by atoms with Crippen LogP contribution in [0.4, 0.5) is 0 Å². The van der Waals surface area contributed by atoms with Crippen molar-refractivity contribution < 1.29 is 14.6 Å². The molecule has 0 spiro atoms. The van der Waals surface area contributed by atoms with E-state index < -0.39 is 0 Å². The summed E-state index contributed by atoms with van der Waals surface area (Å²) in [5, 5.41) is 9.03. The third-order valence-electron chi connectivity index (χ3n) is 5.05. The Bertz CT molecular complexity index is 523. The van der Waals surface area contributed by atoms with Crippen molar-refractivity contribution in [1.82, 2.24) is 9.80 Å². The predicted molar refractivity (Wildman–Crippen MR) is 92.5 cm³/mol. The average Bonchev–Trinajstić information content (AvgIpc) is 3.05. The van der Waals surface area contributed by atoms with Crippen molar-refractivity contribution >= 4 is 5.91 Å². The monoisotopic (exact) mass is 332 g/mol. The van der Waals surface area contributed by atoms with E-state index in [-0.39, 0.29) is 18.6 Å². The van der Waals surface area contributed by atoms with E-state index in [1.165, 1.54) is 5.56 Å². The molecule has 1 amide bonds. The summed E-state index contributed by atoms with van der Waals surface area (Å²) in [5.74, 6) is 0.655. The highest BCUT2D eigenvalue weighted by atomic mass is 16.5. The quantitative estimate of drug-likeness (QED) is 0.858. The molecular weight excluding hydrogens is 304 g/mol. The summed E-state index contributed by atoms with van der Waals surface area (Å²) in [7, 11) is 0. The normalized spacial score (nSPS) is 25.1. The Labute approximate surface area is 144 Å². The summed E-state index contributed by atoms with van der Waals surface area (Å²) < 4.78 is 5.82. The molecule has 0 bridgehead atoms. The Kier molecular flexibility index (Phi) is 6.24. The second-order valence-corrected chi connectivity index (χ2v) is 6.92. The molecule has 1 aromatic rings. The Balaban J connectivity index is 1.46. The highest BCUT2D eigenvalue weighted by Gasteiger charge is 2.29. The van der Waals surface area contributed by atoms with E-state index in [1.807, 2.05) is 11.0 Å². The summed E-state index contributed by atoms with van der Waals surface area (Å²) >= 11 is 0. The lowest BCUT2D eigenvalue weighted by Crippen LogP contribution is -2.44. The second kappa shape index (κ2) is 8.60. The first-order valence-electron chi connectivity index (χ1n) is 9.01. The van der Waals surface area contributed by atoms with E-state index in [4.69, 9.17) is 9.84 Å². The van der Waals surface area contributed by atoms with Crippen LogP contribution >= 0.6 is 0 Å². The van der Waals surface area contributed by atoms with Crippen molar-refractivity contribution in [2.75, 3.05) is 39.4 Å². The highest BCUT2D eigenvalue weighted by Crippen LogP contribution is 2.21. The zero-order chi connectivity index (χ0) is 16.8. The van der Waals surface area contributed by atoms with Gasteiger partial charge >= 0.3 is 0 Å². The zero-order valence-corrected chi connectivity index (χ0v) is 14.3. The van der Waals surface area contributed by atoms with Crippen LogP contribution in [-0.4, -0.2) is 66.3 Å². The first kappa shape index (κ1) is 17.4. The van der Waals surface area contributed by atoms with Crippen LogP contribution in [0.5, 0.6) is 0 Å². The molecule has 132 valence electrons. The molecule has 2 aliphatic heterocycles. The number of likely N-dealkylation sites (tertiary alicyclic amines) is 1. The molecule has 0 aromatic heterocycles. The number of hydrogen-bond acceptors (Lipinski definition) is 4. The molecule has 2 aliphatic rings. The molecule has 0 aliphatic carbocycles. The number of morpholine rings is 1. The molecule has 1 N–H and O–H groups in total. The Morgan fingerprint density at radius 3 is 2.83 bits per heavy atom. The van der Waals surface area contributed by atoms with Crippen molar-refractivity contribution in [3.8, 4) is 0 Å². The second-order valence-electron chi connectivity index (χ2n) is 6.92. The van der Waals surface area contributed by atoms with E-state index in [1.54, 1.807) is 0 Å². The van der Waals surface area contributed by atoms with Crippen LogP contribution in [-0.2, 0) is 16.1 Å². The molecule has 0 saturated carbocycles. The molecule has 2 fully saturated rings. The van der Waals surface area contributed by atoms with E-state index in [0.29, 0.717) is 18.9 Å². The molecule has 2 atom stereocenters. The van der Waals surface area contributed by atoms with Crippen LogP contribution in [0.15, 0.2) is 30.3 Å². The van der Waals surface area contributed by atoms with Gasteiger partial charge in [-0.1, -0.05) is 30.3 Å². The predicted octanol–water partition coefficient (Wildman–Crippen LogP) is 1.51. The van der Waals surface area contributed by atoms with E-state index in [2.05, 4.69) is 29.2 Å². The number of benzene rings is 1. The van der Waals surface area contributed by atoms with Crippen LogP contribution < -0.4 is 0 Å². The summed E-state index contributed by atoms with van der Waals surface area (Å²) in [5.41, 5.74) is 1.30. The number of carbonyl (C=O) groups excluding carboxylic acids is 1. The number of amides is 1. The number of carbonyl (C=O) groups is 1. The van der Waals surface area contributed by atoms with Gasteiger partial charge in [0.25, 0.3) is 0 Å². The van der Waals surface area contributed by atoms with Crippen LogP contribution in [0.3, 0.4) is 0 Å². The Morgan fingerprint density at radius 1 is 1.21 bits per heavy atom. The van der Waals surface area contributed by atoms with Crippen molar-refractivity contribution in [2.24, 2.45) is 5.92 Å². The molecule has 2 heterocycles. The van der Waals surface area contributed by atoms with Gasteiger partial charge in [0.2, 0.25) is 5.91 Å². The summed E-state index contributed by atoms with van der Waals surface area (Å²) in [4.78, 5) is 16.8. The fraction of sp³-hybridized carbons (Fsp3) is 0.632. The summed E-state index contributed by atoms with van der Waals surface area (Å²) in [6, 6.07) is 10.4. The molecule has 5 heteroatoms. The number of ether oxygens (including phenoxy) is 1. The number of rotatable bonds is 6. The average molecular weight is 332 g/mol. The maximum absolute atomic E-state index is 12.5. The molecule has 2 saturated heterocycles. The lowest BCUT2D eigenvalue weighted by Gasteiger charge is -2.33. The van der Waals surface area contributed by atoms with Gasteiger partial charge in [-0.15, -0.1) is 0 Å². The fourth-order valence-corrected chi connectivity index (χ4v) is 3.69. The summed E-state index contributed by atoms with van der Waals surface area (Å²) in [6.07, 6.45) is 2.27. The Morgan fingerprint density at radius 2 is 2.04 bits per heavy atom. The molecule has 0 radical (unpaired) electrons. The SMILES string of the molecule is O=C(C[C@H]1CN(Cc2ccccc2)CCO1)N1CC[C@@H](CCO)C1. The molecule has 5 nitrogen and oxygen atoms in total. The lowest BCUT2D eigenvalue weighted by molar-refractivity contribution is -0.135. The molecule has 0 unspecified atom stereocenters. The first-order chi connectivity index (χ1) is 11.7. The van der Waals surface area contributed by atoms with Crippen LogP contribution in [0.2, 0.25) is 0 Å². The van der Waals surface area contributed by atoms with Crippen molar-refractivity contribution in [2.45, 2.75) is 31.9 Å². The van der Waals surface area contributed by atoms with Gasteiger partial charge in [-0.05, 0) is 24.3 Å². The smallest absolute Gasteiger partial charge is 0.225 e. The first-order valence-corrected chi connectivity index (χ1v) is 9.01. The van der Waals surface area contributed by atoms with E-state index in [0.717, 1.165) is 45.6 Å². The number of aliphatic hydroxyl groups is 1. The van der Waals surface area contributed by atoms with E-state index in [9.17, 15) is 4.79 Å². The van der Waals surface area contributed by atoms with E-state index >= 15 is 0 Å². The third-order valence-corrected chi connectivity index (χ3v) is 5.05. The lowest BCUT2D eigenvalue weighted by atomic mass is 10.1.